The van der Waals surface area contributed by atoms with Gasteiger partial charge >= 0.3 is 0 Å². The van der Waals surface area contributed by atoms with Gasteiger partial charge in [-0.2, -0.15) is 0 Å². The predicted octanol–water partition coefficient (Wildman–Crippen LogP) is 6.79. The number of amides is 11. The lowest BCUT2D eigenvalue weighted by Crippen LogP contribution is -2.64. The average Bonchev–Trinajstić information content (AvgIpc) is 0.796. The van der Waals surface area contributed by atoms with Crippen LogP contribution < -0.4 is 21.3 Å². The molecule has 102 heavy (non-hydrogen) atoms. The molecular formula is C78H130N12O12. The number of aliphatic hydroxyl groups excluding tert-OH is 1. The van der Waals surface area contributed by atoms with E-state index in [9.17, 15) is 38.7 Å². The van der Waals surface area contributed by atoms with E-state index < -0.39 is 155 Å². The molecule has 1 fully saturated rings. The first kappa shape index (κ1) is 88.7. The van der Waals surface area contributed by atoms with Crippen LogP contribution in [-0.4, -0.2) is 238 Å². The molecule has 24 heteroatoms. The Morgan fingerprint density at radius 3 is 1.28 bits per heavy atom. The van der Waals surface area contributed by atoms with Crippen LogP contribution >= 0.6 is 0 Å². The lowest BCUT2D eigenvalue weighted by Gasteiger charge is -2.41. The summed E-state index contributed by atoms with van der Waals surface area (Å²) in [6.45, 7) is 35.8. The number of hydrogen-bond acceptors (Lipinski definition) is 13. The quantitative estimate of drug-likeness (QED) is 0.0862. The maximum atomic E-state index is 15.7. The number of benzene rings is 2. The Morgan fingerprint density at radius 1 is 0.431 bits per heavy atom. The minimum atomic E-state index is -1.66. The van der Waals surface area contributed by atoms with E-state index in [4.69, 9.17) is 0 Å². The van der Waals surface area contributed by atoms with Crippen LogP contribution in [0, 0.1) is 55.3 Å². The third-order valence-electron chi connectivity index (χ3n) is 19.9. The van der Waals surface area contributed by atoms with E-state index in [-0.39, 0.29) is 55.8 Å². The van der Waals surface area contributed by atoms with E-state index in [2.05, 4.69) is 76.4 Å². The number of hydrogen-bond donors (Lipinski definition) is 5. The predicted molar refractivity (Wildman–Crippen MR) is 399 cm³/mol. The summed E-state index contributed by atoms with van der Waals surface area (Å²) in [5, 5.41) is 24.0. The molecule has 1 saturated heterocycles. The summed E-state index contributed by atoms with van der Waals surface area (Å²) in [5.41, 5.74) is 4.53. The smallest absolute Gasteiger partial charge is 0.246 e. The highest BCUT2D eigenvalue weighted by molar-refractivity contribution is 6.00. The summed E-state index contributed by atoms with van der Waals surface area (Å²) in [6, 6.07) is 2.82. The summed E-state index contributed by atoms with van der Waals surface area (Å²) >= 11 is 0. The second kappa shape index (κ2) is 40.5. The highest BCUT2D eigenvalue weighted by atomic mass is 16.3. The summed E-state index contributed by atoms with van der Waals surface area (Å²) < 4.78 is 0. The first-order chi connectivity index (χ1) is 47.4. The SMILES string of the molecule is CC[C@@H]1NC(=O)[C@H]([C@H](O)[C@H](C)CCCN(Cc2cccc(C)c2)Cc2cccc(C)c2)N(C)C(=O)[C@H](C(C)C)N(C)C(=O)[C@H](CC(C)C)N(C)C(=O)[C@H](CC(C)C)N(C)C(=O)[C@@H](C)NC(=O)[C@H](C)NC(=O)[C@H](CC(C)C)N(C)C(=O)[C@H](C(C)C)NC(=O)[C@H](CC(C)C)N(C)C(=O)[C@@H](C)N(C)C1=O. The van der Waals surface area contributed by atoms with Crippen LogP contribution in [0.3, 0.4) is 0 Å². The maximum Gasteiger partial charge on any atom is 0.246 e. The third-order valence-corrected chi connectivity index (χ3v) is 19.9. The van der Waals surface area contributed by atoms with Crippen LogP contribution in [0.1, 0.15) is 185 Å². The van der Waals surface area contributed by atoms with Gasteiger partial charge in [-0.25, -0.2) is 0 Å². The number of aliphatic hydroxyl groups is 1. The van der Waals surface area contributed by atoms with Crippen molar-refractivity contribution in [3.63, 3.8) is 0 Å². The van der Waals surface area contributed by atoms with E-state index in [0.717, 1.165) is 27.2 Å². The normalized spacial score (nSPS) is 25.1. The molecule has 3 rings (SSSR count). The zero-order chi connectivity index (χ0) is 77.8. The number of carbonyl (C=O) groups excluding carboxylic acids is 11. The van der Waals surface area contributed by atoms with Gasteiger partial charge in [-0.05, 0) is 139 Å². The molecule has 1 aliphatic heterocycles. The van der Waals surface area contributed by atoms with Crippen molar-refractivity contribution in [3.8, 4) is 0 Å². The fraction of sp³-hybridized carbons (Fsp3) is 0.705. The van der Waals surface area contributed by atoms with Crippen molar-refractivity contribution < 1.29 is 57.8 Å². The lowest BCUT2D eigenvalue weighted by molar-refractivity contribution is -0.157. The molecule has 13 atom stereocenters. The van der Waals surface area contributed by atoms with Gasteiger partial charge < -0.3 is 60.7 Å². The van der Waals surface area contributed by atoms with Crippen molar-refractivity contribution >= 4 is 65.0 Å². The molecule has 5 N–H and O–H groups in total. The van der Waals surface area contributed by atoms with Gasteiger partial charge in [0, 0.05) is 62.4 Å². The Kier molecular flexibility index (Phi) is 35.3. The highest BCUT2D eigenvalue weighted by Crippen LogP contribution is 2.27. The first-order valence-corrected chi connectivity index (χ1v) is 37.0. The number of nitrogens with zero attached hydrogens (tertiary/aromatic N) is 8. The molecule has 1 aliphatic rings. The van der Waals surface area contributed by atoms with Crippen molar-refractivity contribution in [1.29, 1.82) is 0 Å². The maximum absolute atomic E-state index is 15.7. The number of nitrogens with one attached hydrogen (secondary N) is 4. The largest absolute Gasteiger partial charge is 0.390 e. The van der Waals surface area contributed by atoms with Gasteiger partial charge in [0.05, 0.1) is 6.10 Å². The van der Waals surface area contributed by atoms with Crippen LogP contribution in [0.25, 0.3) is 0 Å². The fourth-order valence-electron chi connectivity index (χ4n) is 13.6. The van der Waals surface area contributed by atoms with Crippen LogP contribution in [0.5, 0.6) is 0 Å². The summed E-state index contributed by atoms with van der Waals surface area (Å²) in [6.07, 6.45) is -0.0105. The van der Waals surface area contributed by atoms with Gasteiger partial charge in [-0.15, -0.1) is 0 Å². The molecule has 0 bridgehead atoms. The van der Waals surface area contributed by atoms with Crippen molar-refractivity contribution in [3.05, 3.63) is 70.8 Å². The Balaban J connectivity index is 2.33. The van der Waals surface area contributed by atoms with Crippen molar-refractivity contribution in [2.45, 2.75) is 262 Å². The van der Waals surface area contributed by atoms with Gasteiger partial charge in [0.15, 0.2) is 0 Å². The monoisotopic (exact) mass is 1430 g/mol. The van der Waals surface area contributed by atoms with Crippen LogP contribution in [0.15, 0.2) is 48.5 Å². The Bertz CT molecular complexity index is 3110. The highest BCUT2D eigenvalue weighted by Gasteiger charge is 2.46. The zero-order valence-corrected chi connectivity index (χ0v) is 66.7. The molecule has 0 aliphatic carbocycles. The number of aryl methyl sites for hydroxylation is 2. The standard InChI is InChI=1S/C78H130N12O12/c1-27-59-74(98)83(20)56(19)73(97)84(21)61(38-46(4)5)70(94)82-64(49(10)11)77(101)85(22)60(37-45(2)3)69(93)79-54(17)68(92)80-55(18)72(96)86(23)62(39-47(6)7)75(99)87(24)63(40-48(8)9)76(100)88(25)65(50(12)13)78(102)89(26)66(71(95)81-59)67(91)53(16)33-30-36-90(43-57-34-28-31-51(14)41-57)44-58-35-29-32-52(15)42-58/h28-29,31-32,34-35,41-42,45-50,53-56,59-67,91H,27,30,33,36-40,43-44H2,1-26H3,(H,79,93)(H,80,92)(H,81,95)(H,82,94)/t53-,54+,55-,56-,59+,60+,61+,62+,63+,64+,65+,66+,67-/m1/s1. The molecule has 2 aromatic carbocycles. The average molecular weight is 1430 g/mol. The molecule has 574 valence electrons. The second-order valence-electron chi connectivity index (χ2n) is 31.5. The number of rotatable bonds is 21. The molecule has 0 aromatic heterocycles. The van der Waals surface area contributed by atoms with Gasteiger partial charge in [0.25, 0.3) is 0 Å². The molecule has 2 aromatic rings. The third kappa shape index (κ3) is 24.9. The second-order valence-corrected chi connectivity index (χ2v) is 31.5. The molecular weight excluding hydrogens is 1300 g/mol. The number of carbonyl (C=O) groups is 11. The van der Waals surface area contributed by atoms with E-state index >= 15 is 19.2 Å². The lowest BCUT2D eigenvalue weighted by atomic mass is 9.90. The van der Waals surface area contributed by atoms with E-state index in [1.54, 1.807) is 41.5 Å². The van der Waals surface area contributed by atoms with Crippen molar-refractivity contribution in [1.82, 2.24) is 60.5 Å². The van der Waals surface area contributed by atoms with Crippen LogP contribution in [0.2, 0.25) is 0 Å². The topological polar surface area (TPSA) is 282 Å². The molecule has 24 nitrogen and oxygen atoms in total. The summed E-state index contributed by atoms with van der Waals surface area (Å²) in [4.78, 5) is 175. The molecule has 0 unspecified atom stereocenters. The Morgan fingerprint density at radius 2 is 0.843 bits per heavy atom. The molecule has 0 spiro atoms. The molecule has 0 radical (unpaired) electrons. The van der Waals surface area contributed by atoms with E-state index in [0.29, 0.717) is 32.5 Å². The first-order valence-electron chi connectivity index (χ1n) is 37.0. The zero-order valence-electron chi connectivity index (χ0n) is 66.7. The number of likely N-dealkylation sites (N-methyl/N-ethyl adjacent to an activating group) is 7. The van der Waals surface area contributed by atoms with Crippen molar-refractivity contribution in [2.24, 2.45) is 41.4 Å². The fourth-order valence-corrected chi connectivity index (χ4v) is 13.6. The van der Waals surface area contributed by atoms with Gasteiger partial charge in [0.1, 0.15) is 66.5 Å². The van der Waals surface area contributed by atoms with Gasteiger partial charge in [-0.3, -0.25) is 57.6 Å². The van der Waals surface area contributed by atoms with E-state index in [1.807, 2.05) is 67.5 Å². The minimum Gasteiger partial charge on any atom is -0.390 e. The molecule has 1 heterocycles. The Labute approximate surface area is 610 Å². The summed E-state index contributed by atoms with van der Waals surface area (Å²) in [5.74, 6) is -9.88. The minimum absolute atomic E-state index is 0.000907. The van der Waals surface area contributed by atoms with Crippen LogP contribution in [-0.2, 0) is 65.8 Å². The van der Waals surface area contributed by atoms with Gasteiger partial charge in [-0.1, -0.05) is 157 Å². The molecule has 11 amide bonds. The Hall–Kier alpha value is -7.47. The van der Waals surface area contributed by atoms with Crippen LogP contribution in [0.4, 0.5) is 0 Å². The van der Waals surface area contributed by atoms with Crippen molar-refractivity contribution in [2.75, 3.05) is 55.9 Å². The molecule has 0 saturated carbocycles. The van der Waals surface area contributed by atoms with Gasteiger partial charge in [0.2, 0.25) is 65.0 Å². The summed E-state index contributed by atoms with van der Waals surface area (Å²) in [7, 11) is 10.1. The van der Waals surface area contributed by atoms with E-state index in [1.165, 1.54) is 99.5 Å².